The minimum Gasteiger partial charge on any atom is -0.496 e. The molecule has 0 radical (unpaired) electrons. The van der Waals surface area contributed by atoms with Crippen molar-refractivity contribution in [3.63, 3.8) is 0 Å². The Balaban J connectivity index is 1.44. The summed E-state index contributed by atoms with van der Waals surface area (Å²) in [4.78, 5) is 22.6. The van der Waals surface area contributed by atoms with Crippen molar-refractivity contribution < 1.29 is 18.7 Å². The number of hydrazine groups is 1. The number of amides is 1. The van der Waals surface area contributed by atoms with Gasteiger partial charge in [-0.3, -0.25) is 15.6 Å². The molecule has 33 heavy (non-hydrogen) atoms. The smallest absolute Gasteiger partial charge is 0.273 e. The summed E-state index contributed by atoms with van der Waals surface area (Å²) in [5.41, 5.74) is 6.95. The molecule has 1 aliphatic rings. The first-order valence-electron chi connectivity index (χ1n) is 10.2. The normalized spacial score (nSPS) is 13.4. The molecule has 9 nitrogen and oxygen atoms in total. The lowest BCUT2D eigenvalue weighted by Crippen LogP contribution is -2.38. The highest BCUT2D eigenvalue weighted by atomic mass is 35.5. The summed E-state index contributed by atoms with van der Waals surface area (Å²) in [6.45, 7) is 2.02. The molecule has 0 bridgehead atoms. The Morgan fingerprint density at radius 1 is 1.18 bits per heavy atom. The van der Waals surface area contributed by atoms with Gasteiger partial charge in [0.15, 0.2) is 11.6 Å². The number of halogens is 2. The highest BCUT2D eigenvalue weighted by Crippen LogP contribution is 2.27. The summed E-state index contributed by atoms with van der Waals surface area (Å²) >= 11 is 6.02. The number of methoxy groups -OCH3 is 1. The number of rotatable bonds is 7. The number of carbonyl (C=O) groups excluding carboxylic acids is 1. The van der Waals surface area contributed by atoms with Gasteiger partial charge in [-0.15, -0.1) is 0 Å². The summed E-state index contributed by atoms with van der Waals surface area (Å²) in [5.74, 6) is -0.445. The van der Waals surface area contributed by atoms with E-state index >= 15 is 0 Å². The van der Waals surface area contributed by atoms with Crippen LogP contribution in [0.25, 0.3) is 0 Å². The molecule has 4 rings (SSSR count). The third-order valence-corrected chi connectivity index (χ3v) is 5.12. The van der Waals surface area contributed by atoms with E-state index in [-0.39, 0.29) is 17.3 Å². The van der Waals surface area contributed by atoms with Crippen LogP contribution in [0.1, 0.15) is 10.4 Å². The fourth-order valence-corrected chi connectivity index (χ4v) is 3.48. The molecule has 0 atom stereocenters. The van der Waals surface area contributed by atoms with Crippen molar-refractivity contribution >= 4 is 40.6 Å². The van der Waals surface area contributed by atoms with Gasteiger partial charge in [0, 0.05) is 35.6 Å². The summed E-state index contributed by atoms with van der Waals surface area (Å²) < 4.78 is 24.8. The lowest BCUT2D eigenvalue weighted by Gasteiger charge is -2.28. The van der Waals surface area contributed by atoms with Crippen LogP contribution in [0.3, 0.4) is 0 Å². The molecule has 1 aliphatic heterocycles. The van der Waals surface area contributed by atoms with Gasteiger partial charge in [-0.05, 0) is 30.3 Å². The molecule has 1 amide bonds. The zero-order valence-corrected chi connectivity index (χ0v) is 18.5. The third-order valence-electron chi connectivity index (χ3n) is 4.88. The molecule has 3 aromatic rings. The Labute approximate surface area is 194 Å². The standard InChI is InChI=1S/C22H22ClFN6O3/c1-32-19-12-16(26-15-4-2-3-14(23)11-15)5-6-17(19)21(31)28-29-22-25-13-18(24)20(27-22)30-7-9-33-10-8-30/h2-6,11-13,26H,7-10H2,1H3,(H,28,31)(H,25,27,29). The number of carbonyl (C=O) groups is 1. The molecule has 3 N–H and O–H groups in total. The maximum atomic E-state index is 14.2. The first-order valence-corrected chi connectivity index (χ1v) is 10.5. The van der Waals surface area contributed by atoms with E-state index in [1.165, 1.54) is 7.11 Å². The first-order chi connectivity index (χ1) is 16.0. The van der Waals surface area contributed by atoms with Crippen molar-refractivity contribution in [2.75, 3.05) is 49.1 Å². The Bertz CT molecular complexity index is 1140. The largest absolute Gasteiger partial charge is 0.496 e. The van der Waals surface area contributed by atoms with E-state index in [2.05, 4.69) is 26.1 Å². The maximum absolute atomic E-state index is 14.2. The second-order valence-electron chi connectivity index (χ2n) is 7.09. The van der Waals surface area contributed by atoms with Crippen LogP contribution in [0.2, 0.25) is 5.02 Å². The van der Waals surface area contributed by atoms with E-state index in [1.807, 2.05) is 12.1 Å². The lowest BCUT2D eigenvalue weighted by molar-refractivity contribution is 0.0959. The number of hydrogen-bond donors (Lipinski definition) is 3. The van der Waals surface area contributed by atoms with Crippen LogP contribution in [0.15, 0.2) is 48.7 Å². The second kappa shape index (κ2) is 10.3. The molecule has 1 aromatic heterocycles. The molecule has 1 saturated heterocycles. The Morgan fingerprint density at radius 3 is 2.73 bits per heavy atom. The second-order valence-corrected chi connectivity index (χ2v) is 7.53. The molecule has 0 spiro atoms. The maximum Gasteiger partial charge on any atom is 0.273 e. The van der Waals surface area contributed by atoms with Gasteiger partial charge in [-0.2, -0.15) is 4.98 Å². The fraction of sp³-hybridized carbons (Fsp3) is 0.227. The van der Waals surface area contributed by atoms with Crippen LogP contribution < -0.4 is 25.8 Å². The highest BCUT2D eigenvalue weighted by molar-refractivity contribution is 6.30. The highest BCUT2D eigenvalue weighted by Gasteiger charge is 2.19. The molecular weight excluding hydrogens is 451 g/mol. The summed E-state index contributed by atoms with van der Waals surface area (Å²) in [6.07, 6.45) is 1.06. The van der Waals surface area contributed by atoms with E-state index in [0.717, 1.165) is 17.6 Å². The average molecular weight is 473 g/mol. The SMILES string of the molecule is COc1cc(Nc2cccc(Cl)c2)ccc1C(=O)NNc1ncc(F)c(N2CCOCC2)n1. The lowest BCUT2D eigenvalue weighted by atomic mass is 10.1. The number of hydrogen-bond acceptors (Lipinski definition) is 8. The van der Waals surface area contributed by atoms with Crippen LogP contribution in [0, 0.1) is 5.82 Å². The van der Waals surface area contributed by atoms with Gasteiger partial charge >= 0.3 is 0 Å². The molecule has 2 aromatic carbocycles. The summed E-state index contributed by atoms with van der Waals surface area (Å²) in [5, 5.41) is 3.81. The fourth-order valence-electron chi connectivity index (χ4n) is 3.28. The molecule has 11 heteroatoms. The molecule has 2 heterocycles. The molecule has 0 aliphatic carbocycles. The number of ether oxygens (including phenoxy) is 2. The van der Waals surface area contributed by atoms with Crippen molar-refractivity contribution in [3.8, 4) is 5.75 Å². The van der Waals surface area contributed by atoms with Gasteiger partial charge in [0.25, 0.3) is 5.91 Å². The minimum atomic E-state index is -0.543. The quantitative estimate of drug-likeness (QED) is 0.448. The number of nitrogens with zero attached hydrogens (tertiary/aromatic N) is 3. The van der Waals surface area contributed by atoms with Gasteiger partial charge < -0.3 is 19.7 Å². The van der Waals surface area contributed by atoms with E-state index in [4.69, 9.17) is 21.1 Å². The van der Waals surface area contributed by atoms with E-state index in [1.54, 1.807) is 35.2 Å². The Morgan fingerprint density at radius 2 is 1.97 bits per heavy atom. The molecule has 0 saturated carbocycles. The third kappa shape index (κ3) is 5.60. The molecule has 1 fully saturated rings. The van der Waals surface area contributed by atoms with Crippen LogP contribution >= 0.6 is 11.6 Å². The van der Waals surface area contributed by atoms with Crippen molar-refractivity contribution in [2.24, 2.45) is 0 Å². The number of morpholine rings is 1. The van der Waals surface area contributed by atoms with Crippen molar-refractivity contribution in [1.82, 2.24) is 15.4 Å². The first kappa shape index (κ1) is 22.6. The zero-order valence-electron chi connectivity index (χ0n) is 17.8. The van der Waals surface area contributed by atoms with Crippen molar-refractivity contribution in [1.29, 1.82) is 0 Å². The molecule has 0 unspecified atom stereocenters. The van der Waals surface area contributed by atoms with Gasteiger partial charge in [0.05, 0.1) is 32.1 Å². The zero-order chi connectivity index (χ0) is 23.2. The topological polar surface area (TPSA) is 101 Å². The molecular formula is C22H22ClFN6O3. The Hall–Kier alpha value is -3.63. The number of nitrogens with one attached hydrogen (secondary N) is 3. The summed E-state index contributed by atoms with van der Waals surface area (Å²) in [7, 11) is 1.47. The van der Waals surface area contributed by atoms with Crippen LogP contribution in [-0.2, 0) is 4.74 Å². The number of anilines is 4. The van der Waals surface area contributed by atoms with E-state index < -0.39 is 11.7 Å². The van der Waals surface area contributed by atoms with Gasteiger partial charge in [-0.1, -0.05) is 17.7 Å². The van der Waals surface area contributed by atoms with Gasteiger partial charge in [0.2, 0.25) is 5.95 Å². The van der Waals surface area contributed by atoms with Gasteiger partial charge in [-0.25, -0.2) is 9.37 Å². The Kier molecular flexibility index (Phi) is 7.06. The number of aromatic nitrogens is 2. The predicted molar refractivity (Wildman–Crippen MR) is 124 cm³/mol. The van der Waals surface area contributed by atoms with Crippen LogP contribution in [-0.4, -0.2) is 49.3 Å². The van der Waals surface area contributed by atoms with Crippen LogP contribution in [0.5, 0.6) is 5.75 Å². The average Bonchev–Trinajstić information content (AvgIpc) is 2.84. The van der Waals surface area contributed by atoms with E-state index in [0.29, 0.717) is 37.1 Å². The summed E-state index contributed by atoms with van der Waals surface area (Å²) in [6, 6.07) is 12.3. The van der Waals surface area contributed by atoms with Gasteiger partial charge in [0.1, 0.15) is 5.75 Å². The monoisotopic (exact) mass is 472 g/mol. The number of benzene rings is 2. The predicted octanol–water partition coefficient (Wildman–Crippen LogP) is 3.61. The molecule has 172 valence electrons. The van der Waals surface area contributed by atoms with Crippen molar-refractivity contribution in [2.45, 2.75) is 0 Å². The van der Waals surface area contributed by atoms with Crippen LogP contribution in [0.4, 0.5) is 27.5 Å². The minimum absolute atomic E-state index is 0.0597. The van der Waals surface area contributed by atoms with Crippen molar-refractivity contribution in [3.05, 3.63) is 65.1 Å². The van der Waals surface area contributed by atoms with E-state index in [9.17, 15) is 9.18 Å².